The van der Waals surface area contributed by atoms with Crippen molar-refractivity contribution in [2.75, 3.05) is 17.7 Å². The van der Waals surface area contributed by atoms with Crippen molar-refractivity contribution in [1.82, 2.24) is 9.97 Å². The van der Waals surface area contributed by atoms with Gasteiger partial charge >= 0.3 is 0 Å². The standard InChI is InChI=1S/C15H14N4OS/c1-9-7-18-15(21-9)19-14(20)12-8-17-13(16-2)11-6-4-3-5-10(11)12/h3-8H,1-2H3,(H,16,17)(H,18,19,20). The van der Waals surface area contributed by atoms with Crippen LogP contribution < -0.4 is 10.6 Å². The number of hydrogen-bond donors (Lipinski definition) is 2. The number of fused-ring (bicyclic) bond motifs is 1. The van der Waals surface area contributed by atoms with Crippen LogP contribution in [0.5, 0.6) is 0 Å². The summed E-state index contributed by atoms with van der Waals surface area (Å²) >= 11 is 1.45. The van der Waals surface area contributed by atoms with Crippen molar-refractivity contribution in [1.29, 1.82) is 0 Å². The summed E-state index contributed by atoms with van der Waals surface area (Å²) in [5.41, 5.74) is 0.539. The predicted octanol–water partition coefficient (Wildman–Crippen LogP) is 3.29. The Morgan fingerprint density at radius 3 is 2.57 bits per heavy atom. The van der Waals surface area contributed by atoms with E-state index in [9.17, 15) is 4.79 Å². The number of hydrogen-bond acceptors (Lipinski definition) is 5. The number of nitrogens with zero attached hydrogens (tertiary/aromatic N) is 2. The average Bonchev–Trinajstić information content (AvgIpc) is 2.91. The van der Waals surface area contributed by atoms with Gasteiger partial charge in [-0.05, 0) is 12.3 Å². The molecular weight excluding hydrogens is 284 g/mol. The fourth-order valence-corrected chi connectivity index (χ4v) is 2.81. The van der Waals surface area contributed by atoms with Gasteiger partial charge in [-0.15, -0.1) is 11.3 Å². The van der Waals surface area contributed by atoms with E-state index in [0.717, 1.165) is 21.5 Å². The quantitative estimate of drug-likeness (QED) is 0.778. The number of nitrogens with one attached hydrogen (secondary N) is 2. The van der Waals surface area contributed by atoms with Crippen LogP contribution in [-0.2, 0) is 0 Å². The van der Waals surface area contributed by atoms with Crippen LogP contribution in [0, 0.1) is 6.92 Å². The van der Waals surface area contributed by atoms with Crippen molar-refractivity contribution in [3.05, 3.63) is 47.1 Å². The lowest BCUT2D eigenvalue weighted by atomic mass is 10.1. The molecule has 2 aromatic heterocycles. The van der Waals surface area contributed by atoms with Crippen LogP contribution in [0.25, 0.3) is 10.8 Å². The van der Waals surface area contributed by atoms with E-state index in [1.807, 2.05) is 38.2 Å². The summed E-state index contributed by atoms with van der Waals surface area (Å²) in [7, 11) is 1.81. The molecule has 0 bridgehead atoms. The minimum absolute atomic E-state index is 0.198. The van der Waals surface area contributed by atoms with E-state index in [1.54, 1.807) is 12.4 Å². The first-order valence-corrected chi connectivity index (χ1v) is 7.30. The number of pyridine rings is 1. The largest absolute Gasteiger partial charge is 0.373 e. The monoisotopic (exact) mass is 298 g/mol. The highest BCUT2D eigenvalue weighted by molar-refractivity contribution is 7.15. The molecule has 1 amide bonds. The number of carbonyl (C=O) groups excluding carboxylic acids is 1. The topological polar surface area (TPSA) is 66.9 Å². The van der Waals surface area contributed by atoms with Crippen LogP contribution in [-0.4, -0.2) is 22.9 Å². The molecule has 106 valence electrons. The highest BCUT2D eigenvalue weighted by Gasteiger charge is 2.14. The molecule has 5 nitrogen and oxygen atoms in total. The van der Waals surface area contributed by atoms with Crippen molar-refractivity contribution >= 4 is 39.0 Å². The second kappa shape index (κ2) is 5.49. The molecule has 3 rings (SSSR count). The van der Waals surface area contributed by atoms with E-state index in [-0.39, 0.29) is 5.91 Å². The summed E-state index contributed by atoms with van der Waals surface area (Å²) in [6.45, 7) is 1.95. The summed E-state index contributed by atoms with van der Waals surface area (Å²) in [5.74, 6) is 0.558. The molecule has 0 unspecified atom stereocenters. The maximum atomic E-state index is 12.4. The molecule has 3 aromatic rings. The van der Waals surface area contributed by atoms with Crippen LogP contribution >= 0.6 is 11.3 Å². The molecule has 0 aliphatic rings. The molecule has 6 heteroatoms. The second-order valence-electron chi connectivity index (χ2n) is 4.55. The maximum absolute atomic E-state index is 12.4. The van der Waals surface area contributed by atoms with Crippen molar-refractivity contribution in [3.8, 4) is 0 Å². The Balaban J connectivity index is 2.02. The van der Waals surface area contributed by atoms with E-state index in [0.29, 0.717) is 10.7 Å². The first-order valence-electron chi connectivity index (χ1n) is 6.48. The minimum Gasteiger partial charge on any atom is -0.373 e. The van der Waals surface area contributed by atoms with Crippen LogP contribution in [0.4, 0.5) is 10.9 Å². The molecule has 0 atom stereocenters. The first-order chi connectivity index (χ1) is 10.2. The number of aromatic nitrogens is 2. The molecule has 0 fully saturated rings. The van der Waals surface area contributed by atoms with Gasteiger partial charge in [0.15, 0.2) is 5.13 Å². The second-order valence-corrected chi connectivity index (χ2v) is 5.78. The highest BCUT2D eigenvalue weighted by Crippen LogP contribution is 2.25. The van der Waals surface area contributed by atoms with Gasteiger partial charge < -0.3 is 5.32 Å². The van der Waals surface area contributed by atoms with Crippen molar-refractivity contribution in [2.24, 2.45) is 0 Å². The predicted molar refractivity (Wildman–Crippen MR) is 86.1 cm³/mol. The third kappa shape index (κ3) is 2.57. The van der Waals surface area contributed by atoms with Crippen LogP contribution in [0.15, 0.2) is 36.7 Å². The number of amides is 1. The lowest BCUT2D eigenvalue weighted by Crippen LogP contribution is -2.13. The Labute approximate surface area is 126 Å². The molecular formula is C15H14N4OS. The van der Waals surface area contributed by atoms with Crippen LogP contribution in [0.1, 0.15) is 15.2 Å². The molecule has 2 heterocycles. The van der Waals surface area contributed by atoms with Gasteiger partial charge in [-0.3, -0.25) is 10.1 Å². The Hall–Kier alpha value is -2.47. The van der Waals surface area contributed by atoms with Crippen LogP contribution in [0.2, 0.25) is 0 Å². The first kappa shape index (κ1) is 13.5. The molecule has 1 aromatic carbocycles. The van der Waals surface area contributed by atoms with E-state index in [4.69, 9.17) is 0 Å². The number of rotatable bonds is 3. The highest BCUT2D eigenvalue weighted by atomic mass is 32.1. The Morgan fingerprint density at radius 2 is 1.90 bits per heavy atom. The van der Waals surface area contributed by atoms with Gasteiger partial charge in [-0.25, -0.2) is 9.97 Å². The molecule has 0 aliphatic carbocycles. The van der Waals surface area contributed by atoms with Crippen molar-refractivity contribution < 1.29 is 4.79 Å². The SMILES string of the molecule is CNc1ncc(C(=O)Nc2ncc(C)s2)c2ccccc12. The number of carbonyl (C=O) groups is 1. The van der Waals surface area contributed by atoms with E-state index < -0.39 is 0 Å². The van der Waals surface area contributed by atoms with Gasteiger partial charge in [-0.1, -0.05) is 24.3 Å². The molecule has 0 radical (unpaired) electrons. The molecule has 2 N–H and O–H groups in total. The zero-order valence-electron chi connectivity index (χ0n) is 11.7. The van der Waals surface area contributed by atoms with Gasteiger partial charge in [-0.2, -0.15) is 0 Å². The number of anilines is 2. The maximum Gasteiger partial charge on any atom is 0.259 e. The van der Waals surface area contributed by atoms with E-state index in [1.165, 1.54) is 11.3 Å². The molecule has 0 aliphatic heterocycles. The molecule has 0 saturated heterocycles. The number of thiazole rings is 1. The van der Waals surface area contributed by atoms with Crippen molar-refractivity contribution in [2.45, 2.75) is 6.92 Å². The fourth-order valence-electron chi connectivity index (χ4n) is 2.15. The van der Waals surface area contributed by atoms with Gasteiger partial charge in [0.05, 0.1) is 5.56 Å². The third-order valence-corrected chi connectivity index (χ3v) is 3.95. The summed E-state index contributed by atoms with van der Waals surface area (Å²) in [6, 6.07) is 7.70. The van der Waals surface area contributed by atoms with Crippen LogP contribution in [0.3, 0.4) is 0 Å². The summed E-state index contributed by atoms with van der Waals surface area (Å²) < 4.78 is 0. The normalized spacial score (nSPS) is 10.6. The summed E-state index contributed by atoms with van der Waals surface area (Å²) in [5, 5.41) is 8.23. The molecule has 21 heavy (non-hydrogen) atoms. The van der Waals surface area contributed by atoms with E-state index in [2.05, 4.69) is 20.6 Å². The molecule has 0 saturated carbocycles. The minimum atomic E-state index is -0.198. The van der Waals surface area contributed by atoms with Gasteiger partial charge in [0.25, 0.3) is 5.91 Å². The van der Waals surface area contributed by atoms with Crippen molar-refractivity contribution in [3.63, 3.8) is 0 Å². The summed E-state index contributed by atoms with van der Waals surface area (Å²) in [6.07, 6.45) is 3.32. The lowest BCUT2D eigenvalue weighted by Gasteiger charge is -2.09. The third-order valence-electron chi connectivity index (χ3n) is 3.12. The fraction of sp³-hybridized carbons (Fsp3) is 0.133. The average molecular weight is 298 g/mol. The smallest absolute Gasteiger partial charge is 0.259 e. The number of aryl methyl sites for hydroxylation is 1. The van der Waals surface area contributed by atoms with Gasteiger partial charge in [0.2, 0.25) is 0 Å². The Kier molecular flexibility index (Phi) is 3.53. The Bertz CT molecular complexity index is 812. The number of benzene rings is 1. The zero-order chi connectivity index (χ0) is 14.8. The molecule has 0 spiro atoms. The summed E-state index contributed by atoms with van der Waals surface area (Å²) in [4.78, 5) is 21.9. The zero-order valence-corrected chi connectivity index (χ0v) is 12.5. The van der Waals surface area contributed by atoms with Gasteiger partial charge in [0.1, 0.15) is 5.82 Å². The van der Waals surface area contributed by atoms with E-state index >= 15 is 0 Å². The Morgan fingerprint density at radius 1 is 1.14 bits per heavy atom. The van der Waals surface area contributed by atoms with Gasteiger partial charge in [0, 0.05) is 29.7 Å². The lowest BCUT2D eigenvalue weighted by molar-refractivity contribution is 0.102.